The summed E-state index contributed by atoms with van der Waals surface area (Å²) in [7, 11) is 0. The Bertz CT molecular complexity index is 646. The van der Waals surface area contributed by atoms with Gasteiger partial charge in [-0.05, 0) is 45.6 Å². The molecule has 0 aliphatic heterocycles. The number of aliphatic imine (C=N–C) groups is 1. The molecule has 1 aliphatic carbocycles. The quantitative estimate of drug-likeness (QED) is 0.446. The lowest BCUT2D eigenvalue weighted by molar-refractivity contribution is 0.929. The summed E-state index contributed by atoms with van der Waals surface area (Å²) in [5.41, 5.74) is 6.81. The van der Waals surface area contributed by atoms with Gasteiger partial charge < -0.3 is 0 Å². The molecule has 1 aliphatic rings. The lowest BCUT2D eigenvalue weighted by atomic mass is 10.1. The van der Waals surface area contributed by atoms with Crippen molar-refractivity contribution in [2.75, 3.05) is 0 Å². The zero-order chi connectivity index (χ0) is 17.9. The van der Waals surface area contributed by atoms with E-state index in [1.807, 2.05) is 6.92 Å². The third-order valence-corrected chi connectivity index (χ3v) is 3.89. The molecule has 1 nitrogen and oxygen atoms in total. The minimum absolute atomic E-state index is 0.839. The van der Waals surface area contributed by atoms with E-state index in [4.69, 9.17) is 4.99 Å². The number of hydrogen-bond acceptors (Lipinski definition) is 1. The normalized spacial score (nSPS) is 18.2. The highest BCUT2D eigenvalue weighted by Crippen LogP contribution is 2.18. The predicted octanol–water partition coefficient (Wildman–Crippen LogP) is 7.04. The molecule has 0 fully saturated rings. The molecule has 1 rings (SSSR count). The SMILES string of the molecule is C=C(/C=C\C(C)=C/CC)CCC(=C/C)/N=C1/CC=CC(C)=CC1=C. The Hall–Kier alpha value is -2.15. The van der Waals surface area contributed by atoms with Crippen molar-refractivity contribution in [3.8, 4) is 0 Å². The maximum atomic E-state index is 4.83. The molecule has 0 saturated carbocycles. The van der Waals surface area contributed by atoms with Gasteiger partial charge in [0, 0.05) is 12.1 Å². The summed E-state index contributed by atoms with van der Waals surface area (Å²) in [5.74, 6) is 0. The van der Waals surface area contributed by atoms with Crippen LogP contribution in [-0.4, -0.2) is 5.71 Å². The van der Waals surface area contributed by atoms with Crippen LogP contribution in [0, 0.1) is 0 Å². The summed E-state index contributed by atoms with van der Waals surface area (Å²) in [5, 5.41) is 0. The minimum atomic E-state index is 0.839. The van der Waals surface area contributed by atoms with Crippen molar-refractivity contribution in [1.82, 2.24) is 0 Å². The number of hydrogen-bond donors (Lipinski definition) is 0. The number of allylic oxidation sites excluding steroid dienone is 12. The molecule has 0 N–H and O–H groups in total. The van der Waals surface area contributed by atoms with Crippen LogP contribution in [0.3, 0.4) is 0 Å². The summed E-state index contributed by atoms with van der Waals surface area (Å²) in [6.45, 7) is 16.7. The van der Waals surface area contributed by atoms with Crippen molar-refractivity contribution < 1.29 is 0 Å². The van der Waals surface area contributed by atoms with E-state index in [-0.39, 0.29) is 0 Å². The van der Waals surface area contributed by atoms with E-state index in [0.29, 0.717) is 0 Å². The Balaban J connectivity index is 2.67. The van der Waals surface area contributed by atoms with Gasteiger partial charge >= 0.3 is 0 Å². The molecule has 0 amide bonds. The molecule has 0 saturated heterocycles. The Labute approximate surface area is 148 Å². The Morgan fingerprint density at radius 1 is 1.29 bits per heavy atom. The first-order valence-corrected chi connectivity index (χ1v) is 8.75. The first-order chi connectivity index (χ1) is 11.5. The predicted molar refractivity (Wildman–Crippen MR) is 109 cm³/mol. The highest BCUT2D eigenvalue weighted by Gasteiger charge is 2.06. The Morgan fingerprint density at radius 3 is 2.71 bits per heavy atom. The molecule has 0 spiro atoms. The maximum Gasteiger partial charge on any atom is 0.0510 e. The van der Waals surface area contributed by atoms with Gasteiger partial charge in [-0.2, -0.15) is 0 Å². The molecule has 1 heteroatoms. The smallest absolute Gasteiger partial charge is 0.0510 e. The maximum absolute atomic E-state index is 4.83. The highest BCUT2D eigenvalue weighted by molar-refractivity contribution is 6.04. The standard InChI is InChI=1S/C23H31N/c1-7-10-18(3)13-14-19(4)15-16-22(8-2)24-23-12-9-11-20(5)17-21(23)6/h8-11,13-14,17H,4,6-7,12,15-16H2,1-3,5H3/b14-13-,18-10-,22-8-,24-23-. The van der Waals surface area contributed by atoms with Gasteiger partial charge in [0.2, 0.25) is 0 Å². The first-order valence-electron chi connectivity index (χ1n) is 8.75. The average Bonchev–Trinajstić information content (AvgIpc) is 2.70. The van der Waals surface area contributed by atoms with E-state index in [9.17, 15) is 0 Å². The van der Waals surface area contributed by atoms with Gasteiger partial charge in [-0.15, -0.1) is 0 Å². The van der Waals surface area contributed by atoms with Crippen LogP contribution >= 0.6 is 0 Å². The molecular weight excluding hydrogens is 290 g/mol. The van der Waals surface area contributed by atoms with E-state index < -0.39 is 0 Å². The topological polar surface area (TPSA) is 12.4 Å². The van der Waals surface area contributed by atoms with Gasteiger partial charge in [-0.3, -0.25) is 4.99 Å². The second-order valence-corrected chi connectivity index (χ2v) is 6.21. The van der Waals surface area contributed by atoms with E-state index >= 15 is 0 Å². The molecular formula is C23H31N. The third-order valence-electron chi connectivity index (χ3n) is 3.89. The molecule has 0 unspecified atom stereocenters. The molecule has 0 radical (unpaired) electrons. The molecule has 0 atom stereocenters. The van der Waals surface area contributed by atoms with E-state index in [0.717, 1.165) is 48.2 Å². The lowest BCUT2D eigenvalue weighted by Gasteiger charge is -2.07. The molecule has 24 heavy (non-hydrogen) atoms. The molecule has 0 aromatic carbocycles. The fourth-order valence-electron chi connectivity index (χ4n) is 2.46. The van der Waals surface area contributed by atoms with Crippen LogP contribution in [0.15, 0.2) is 88.7 Å². The van der Waals surface area contributed by atoms with Gasteiger partial charge in [0.25, 0.3) is 0 Å². The van der Waals surface area contributed by atoms with Gasteiger partial charge in [-0.25, -0.2) is 0 Å². The lowest BCUT2D eigenvalue weighted by Crippen LogP contribution is -1.99. The molecule has 128 valence electrons. The monoisotopic (exact) mass is 321 g/mol. The molecule has 0 bridgehead atoms. The van der Waals surface area contributed by atoms with Crippen LogP contribution < -0.4 is 0 Å². The fourth-order valence-corrected chi connectivity index (χ4v) is 2.46. The second kappa shape index (κ2) is 10.6. The summed E-state index contributed by atoms with van der Waals surface area (Å²) in [6, 6.07) is 0. The van der Waals surface area contributed by atoms with Gasteiger partial charge in [0.1, 0.15) is 0 Å². The van der Waals surface area contributed by atoms with Gasteiger partial charge in [0.05, 0.1) is 5.71 Å². The van der Waals surface area contributed by atoms with Crippen LogP contribution in [0.4, 0.5) is 0 Å². The van der Waals surface area contributed by atoms with Crippen LogP contribution in [0.1, 0.15) is 53.4 Å². The van der Waals surface area contributed by atoms with E-state index in [1.54, 1.807) is 0 Å². The van der Waals surface area contributed by atoms with E-state index in [2.05, 4.69) is 76.5 Å². The molecule has 0 heterocycles. The third kappa shape index (κ3) is 7.41. The van der Waals surface area contributed by atoms with Crippen LogP contribution in [-0.2, 0) is 0 Å². The zero-order valence-electron chi connectivity index (χ0n) is 15.7. The summed E-state index contributed by atoms with van der Waals surface area (Å²) < 4.78 is 0. The first kappa shape index (κ1) is 19.9. The summed E-state index contributed by atoms with van der Waals surface area (Å²) in [4.78, 5) is 4.83. The zero-order valence-corrected chi connectivity index (χ0v) is 15.7. The Kier molecular flexibility index (Phi) is 8.78. The van der Waals surface area contributed by atoms with Crippen LogP contribution in [0.2, 0.25) is 0 Å². The second-order valence-electron chi connectivity index (χ2n) is 6.21. The van der Waals surface area contributed by atoms with Gasteiger partial charge in [-0.1, -0.05) is 79.3 Å². The summed E-state index contributed by atoms with van der Waals surface area (Å²) >= 11 is 0. The molecule has 0 aromatic rings. The van der Waals surface area contributed by atoms with Crippen molar-refractivity contribution in [2.45, 2.75) is 53.4 Å². The van der Waals surface area contributed by atoms with E-state index in [1.165, 1.54) is 11.1 Å². The average molecular weight is 322 g/mol. The van der Waals surface area contributed by atoms with Crippen molar-refractivity contribution in [2.24, 2.45) is 4.99 Å². The largest absolute Gasteiger partial charge is 0.257 e. The Morgan fingerprint density at radius 2 is 2.04 bits per heavy atom. The number of rotatable bonds is 7. The summed E-state index contributed by atoms with van der Waals surface area (Å²) in [6.07, 6.45) is 18.7. The number of nitrogens with zero attached hydrogens (tertiary/aromatic N) is 1. The minimum Gasteiger partial charge on any atom is -0.257 e. The van der Waals surface area contributed by atoms with Crippen LogP contribution in [0.25, 0.3) is 0 Å². The molecule has 0 aromatic heterocycles. The van der Waals surface area contributed by atoms with Crippen LogP contribution in [0.5, 0.6) is 0 Å². The van der Waals surface area contributed by atoms with Crippen molar-refractivity contribution in [3.63, 3.8) is 0 Å². The van der Waals surface area contributed by atoms with Gasteiger partial charge in [0.15, 0.2) is 0 Å². The van der Waals surface area contributed by atoms with Crippen molar-refractivity contribution in [1.29, 1.82) is 0 Å². The fraction of sp³-hybridized carbons (Fsp3) is 0.348. The van der Waals surface area contributed by atoms with Crippen molar-refractivity contribution in [3.05, 3.63) is 83.7 Å². The van der Waals surface area contributed by atoms with Crippen molar-refractivity contribution >= 4 is 5.71 Å². The highest BCUT2D eigenvalue weighted by atomic mass is 14.8.